The van der Waals surface area contributed by atoms with Gasteiger partial charge in [0.15, 0.2) is 0 Å². The van der Waals surface area contributed by atoms with Crippen molar-refractivity contribution in [2.75, 3.05) is 0 Å². The highest BCUT2D eigenvalue weighted by atomic mass is 15.2. The van der Waals surface area contributed by atoms with E-state index in [2.05, 4.69) is 23.8 Å². The zero-order chi connectivity index (χ0) is 6.24. The minimum Gasteiger partial charge on any atom is -0.167 e. The van der Waals surface area contributed by atoms with Gasteiger partial charge in [0.05, 0.1) is 0 Å². The minimum atomic E-state index is 1.03. The van der Waals surface area contributed by atoms with Crippen LogP contribution in [0.2, 0.25) is 0 Å². The molecule has 0 aliphatic heterocycles. The maximum atomic E-state index is 3.51. The second kappa shape index (κ2) is 6.08. The maximum absolute atomic E-state index is 3.51. The predicted octanol–water partition coefficient (Wildman–Crippen LogP) is 1.64. The Balaban J connectivity index is 3.26. The quantitative estimate of drug-likeness (QED) is 0.389. The number of nitrogens with zero attached hydrogens (tertiary/aromatic N) is 2. The highest BCUT2D eigenvalue weighted by Gasteiger charge is 1.60. The fourth-order valence-electron chi connectivity index (χ4n) is 0.283. The summed E-state index contributed by atoms with van der Waals surface area (Å²) < 4.78 is 0. The van der Waals surface area contributed by atoms with E-state index in [1.165, 1.54) is 0 Å². The van der Waals surface area contributed by atoms with Gasteiger partial charge in [-0.05, 0) is 12.5 Å². The van der Waals surface area contributed by atoms with E-state index >= 15 is 0 Å². The molecule has 0 heterocycles. The van der Waals surface area contributed by atoms with E-state index in [0.717, 1.165) is 6.42 Å². The summed E-state index contributed by atoms with van der Waals surface area (Å²) in [5, 5.41) is 6.79. The summed E-state index contributed by atoms with van der Waals surface area (Å²) in [4.78, 5) is 0. The fourth-order valence-corrected chi connectivity index (χ4v) is 0.283. The van der Waals surface area contributed by atoms with Gasteiger partial charge in [0, 0.05) is 12.9 Å². The standard InChI is InChI=1S/C6H10N2/c1-3-4-5-6-8-7-2/h4-6H,2-3H2,1H3/b5-4-,8-6+. The monoisotopic (exact) mass is 110 g/mol. The number of hydrogen-bond donors (Lipinski definition) is 0. The molecule has 8 heavy (non-hydrogen) atoms. The van der Waals surface area contributed by atoms with Crippen molar-refractivity contribution in [3.05, 3.63) is 12.2 Å². The molecule has 0 spiro atoms. The first kappa shape index (κ1) is 7.08. The summed E-state index contributed by atoms with van der Waals surface area (Å²) >= 11 is 0. The third kappa shape index (κ3) is 5.08. The van der Waals surface area contributed by atoms with E-state index in [1.54, 1.807) is 6.21 Å². The molecule has 0 bridgehead atoms. The van der Waals surface area contributed by atoms with E-state index in [0.29, 0.717) is 0 Å². The molecule has 0 saturated heterocycles. The van der Waals surface area contributed by atoms with Crippen molar-refractivity contribution in [3.63, 3.8) is 0 Å². The largest absolute Gasteiger partial charge is 0.167 e. The first-order valence-corrected chi connectivity index (χ1v) is 2.56. The van der Waals surface area contributed by atoms with Crippen LogP contribution in [0.25, 0.3) is 0 Å². The lowest BCUT2D eigenvalue weighted by molar-refractivity contribution is 1.22. The lowest BCUT2D eigenvalue weighted by Gasteiger charge is -1.70. The Labute approximate surface area is 49.6 Å². The van der Waals surface area contributed by atoms with Gasteiger partial charge in [-0.25, -0.2) is 0 Å². The number of hydrogen-bond acceptors (Lipinski definition) is 2. The van der Waals surface area contributed by atoms with Crippen molar-refractivity contribution in [3.8, 4) is 0 Å². The Kier molecular flexibility index (Phi) is 5.38. The van der Waals surface area contributed by atoms with Crippen LogP contribution >= 0.6 is 0 Å². The molecule has 0 unspecified atom stereocenters. The van der Waals surface area contributed by atoms with E-state index < -0.39 is 0 Å². The Morgan fingerprint density at radius 1 is 1.62 bits per heavy atom. The SMILES string of the molecule is C=N/N=C/C=C\CC. The fraction of sp³-hybridized carbons (Fsp3) is 0.333. The molecule has 0 aromatic heterocycles. The van der Waals surface area contributed by atoms with E-state index in [1.807, 2.05) is 12.2 Å². The molecule has 44 valence electrons. The zero-order valence-electron chi connectivity index (χ0n) is 5.04. The van der Waals surface area contributed by atoms with Gasteiger partial charge < -0.3 is 0 Å². The smallest absolute Gasteiger partial charge is 0.0492 e. The lowest BCUT2D eigenvalue weighted by atomic mass is 10.4. The van der Waals surface area contributed by atoms with Gasteiger partial charge in [0.2, 0.25) is 0 Å². The van der Waals surface area contributed by atoms with Gasteiger partial charge in [-0.15, -0.1) is 0 Å². The van der Waals surface area contributed by atoms with Crippen molar-refractivity contribution < 1.29 is 0 Å². The van der Waals surface area contributed by atoms with Crippen LogP contribution in [-0.2, 0) is 0 Å². The molecular formula is C6H10N2. The van der Waals surface area contributed by atoms with E-state index in [9.17, 15) is 0 Å². The molecule has 0 aromatic carbocycles. The van der Waals surface area contributed by atoms with Gasteiger partial charge in [0.1, 0.15) is 0 Å². The van der Waals surface area contributed by atoms with Crippen molar-refractivity contribution in [2.45, 2.75) is 13.3 Å². The minimum absolute atomic E-state index is 1.03. The molecule has 0 aliphatic carbocycles. The number of allylic oxidation sites excluding steroid dienone is 2. The van der Waals surface area contributed by atoms with Crippen molar-refractivity contribution in [1.29, 1.82) is 0 Å². The van der Waals surface area contributed by atoms with Crippen LogP contribution in [0, 0.1) is 0 Å². The third-order valence-corrected chi connectivity index (χ3v) is 0.606. The van der Waals surface area contributed by atoms with Crippen LogP contribution in [0.4, 0.5) is 0 Å². The van der Waals surface area contributed by atoms with Crippen LogP contribution in [-0.4, -0.2) is 12.9 Å². The summed E-state index contributed by atoms with van der Waals surface area (Å²) in [6.45, 7) is 5.24. The Bertz CT molecular complexity index is 103. The van der Waals surface area contributed by atoms with Gasteiger partial charge in [-0.3, -0.25) is 0 Å². The molecule has 0 N–H and O–H groups in total. The molecule has 0 atom stereocenters. The molecular weight excluding hydrogens is 100 g/mol. The van der Waals surface area contributed by atoms with Crippen LogP contribution in [0.5, 0.6) is 0 Å². The predicted molar refractivity (Wildman–Crippen MR) is 37.5 cm³/mol. The van der Waals surface area contributed by atoms with Gasteiger partial charge in [-0.2, -0.15) is 10.2 Å². The van der Waals surface area contributed by atoms with E-state index in [-0.39, 0.29) is 0 Å². The Hall–Kier alpha value is -0.920. The summed E-state index contributed by atoms with van der Waals surface area (Å²) in [7, 11) is 0. The first-order valence-electron chi connectivity index (χ1n) is 2.56. The molecule has 0 fully saturated rings. The van der Waals surface area contributed by atoms with E-state index in [4.69, 9.17) is 0 Å². The molecule has 0 saturated carbocycles. The summed E-state index contributed by atoms with van der Waals surface area (Å²) in [6.07, 6.45) is 6.48. The second-order valence-corrected chi connectivity index (χ2v) is 1.24. The summed E-state index contributed by atoms with van der Waals surface area (Å²) in [5.74, 6) is 0. The second-order valence-electron chi connectivity index (χ2n) is 1.24. The summed E-state index contributed by atoms with van der Waals surface area (Å²) in [6, 6.07) is 0. The summed E-state index contributed by atoms with van der Waals surface area (Å²) in [5.41, 5.74) is 0. The van der Waals surface area contributed by atoms with Crippen molar-refractivity contribution in [2.24, 2.45) is 10.2 Å². The van der Waals surface area contributed by atoms with Crippen LogP contribution in [0.3, 0.4) is 0 Å². The van der Waals surface area contributed by atoms with Crippen molar-refractivity contribution >= 4 is 12.9 Å². The van der Waals surface area contributed by atoms with Crippen molar-refractivity contribution in [1.82, 2.24) is 0 Å². The normalized spacial score (nSPS) is 11.1. The van der Waals surface area contributed by atoms with Crippen LogP contribution in [0.1, 0.15) is 13.3 Å². The highest BCUT2D eigenvalue weighted by Crippen LogP contribution is 1.75. The van der Waals surface area contributed by atoms with Gasteiger partial charge in [-0.1, -0.05) is 13.0 Å². The van der Waals surface area contributed by atoms with Crippen LogP contribution in [0.15, 0.2) is 22.4 Å². The molecule has 0 amide bonds. The average molecular weight is 110 g/mol. The van der Waals surface area contributed by atoms with Gasteiger partial charge >= 0.3 is 0 Å². The average Bonchev–Trinajstić information content (AvgIpc) is 1.81. The molecule has 0 aromatic rings. The number of rotatable bonds is 3. The van der Waals surface area contributed by atoms with Crippen LogP contribution < -0.4 is 0 Å². The topological polar surface area (TPSA) is 24.7 Å². The third-order valence-electron chi connectivity index (χ3n) is 0.606. The molecule has 0 radical (unpaired) electrons. The lowest BCUT2D eigenvalue weighted by Crippen LogP contribution is -1.59. The molecule has 2 heteroatoms. The van der Waals surface area contributed by atoms with Gasteiger partial charge in [0.25, 0.3) is 0 Å². The molecule has 0 aliphatic rings. The Morgan fingerprint density at radius 2 is 2.38 bits per heavy atom. The maximum Gasteiger partial charge on any atom is 0.0492 e. The molecule has 2 nitrogen and oxygen atoms in total. The Morgan fingerprint density at radius 3 is 2.88 bits per heavy atom. The molecule has 0 rings (SSSR count). The first-order chi connectivity index (χ1) is 3.91. The highest BCUT2D eigenvalue weighted by molar-refractivity contribution is 5.70. The zero-order valence-corrected chi connectivity index (χ0v) is 5.04.